The number of nitro benzene ring substituents is 1. The monoisotopic (exact) mass is 313 g/mol. The van der Waals surface area contributed by atoms with Crippen molar-refractivity contribution in [1.82, 2.24) is 4.98 Å². The van der Waals surface area contributed by atoms with Crippen LogP contribution in [0.15, 0.2) is 34.5 Å². The molecule has 0 aliphatic rings. The van der Waals surface area contributed by atoms with Crippen LogP contribution in [-0.4, -0.2) is 25.4 Å². The number of hydrogen-bond donors (Lipinski definition) is 0. The Hall–Kier alpha value is -2.00. The summed E-state index contributed by atoms with van der Waals surface area (Å²) in [6.07, 6.45) is 0. The topological polar surface area (TPSA) is 93.4 Å². The Kier molecular flexibility index (Phi) is 3.73. The predicted molar refractivity (Wildman–Crippen MR) is 75.5 cm³/mol. The van der Waals surface area contributed by atoms with E-state index < -0.39 is 14.9 Å². The maximum Gasteiger partial charge on any atom is 0.269 e. The Morgan fingerprint density at radius 1 is 1.30 bits per heavy atom. The summed E-state index contributed by atoms with van der Waals surface area (Å²) in [5.74, 6) is 0. The van der Waals surface area contributed by atoms with Gasteiger partial charge in [0.1, 0.15) is 0 Å². The van der Waals surface area contributed by atoms with Crippen LogP contribution >= 0.6 is 11.3 Å². The molecular formula is C11H11N3O4S2. The first kappa shape index (κ1) is 14.4. The van der Waals surface area contributed by atoms with Gasteiger partial charge >= 0.3 is 0 Å². The number of hydrogen-bond acceptors (Lipinski definition) is 6. The van der Waals surface area contributed by atoms with Gasteiger partial charge in [-0.2, -0.15) is 0 Å². The van der Waals surface area contributed by atoms with E-state index in [9.17, 15) is 18.5 Å². The first-order valence-electron chi connectivity index (χ1n) is 5.48. The Balaban J connectivity index is 2.37. The molecule has 1 aromatic carbocycles. The molecule has 20 heavy (non-hydrogen) atoms. The van der Waals surface area contributed by atoms with Crippen molar-refractivity contribution >= 4 is 32.2 Å². The Labute approximate surface area is 119 Å². The van der Waals surface area contributed by atoms with Crippen LogP contribution in [0.1, 0.15) is 5.69 Å². The van der Waals surface area contributed by atoms with Gasteiger partial charge in [-0.25, -0.2) is 17.7 Å². The van der Waals surface area contributed by atoms with Crippen molar-refractivity contribution in [2.24, 2.45) is 0 Å². The number of benzene rings is 1. The smallest absolute Gasteiger partial charge is 0.258 e. The molecule has 0 unspecified atom stereocenters. The molecule has 0 saturated carbocycles. The van der Waals surface area contributed by atoms with Gasteiger partial charge in [-0.1, -0.05) is 0 Å². The number of sulfonamides is 1. The molecule has 0 bridgehead atoms. The van der Waals surface area contributed by atoms with Crippen molar-refractivity contribution in [1.29, 1.82) is 0 Å². The number of anilines is 1. The molecule has 106 valence electrons. The summed E-state index contributed by atoms with van der Waals surface area (Å²) in [6, 6.07) is 4.75. The summed E-state index contributed by atoms with van der Waals surface area (Å²) >= 11 is 1.21. The zero-order valence-electron chi connectivity index (χ0n) is 10.7. The van der Waals surface area contributed by atoms with E-state index in [1.54, 1.807) is 12.3 Å². The summed E-state index contributed by atoms with van der Waals surface area (Å²) in [5, 5.41) is 12.7. The van der Waals surface area contributed by atoms with Crippen LogP contribution in [0.25, 0.3) is 0 Å². The highest BCUT2D eigenvalue weighted by molar-refractivity contribution is 7.93. The quantitative estimate of drug-likeness (QED) is 0.637. The lowest BCUT2D eigenvalue weighted by Crippen LogP contribution is -2.26. The molecule has 0 radical (unpaired) electrons. The normalized spacial score (nSPS) is 11.3. The van der Waals surface area contributed by atoms with Crippen molar-refractivity contribution in [3.63, 3.8) is 0 Å². The SMILES string of the molecule is Cc1csc(N(C)S(=O)(=O)c2ccc([N+](=O)[O-])cc2)n1. The van der Waals surface area contributed by atoms with E-state index in [1.165, 1.54) is 30.5 Å². The van der Waals surface area contributed by atoms with Crippen LogP contribution in [-0.2, 0) is 10.0 Å². The van der Waals surface area contributed by atoms with Gasteiger partial charge in [0, 0.05) is 24.6 Å². The first-order valence-corrected chi connectivity index (χ1v) is 7.80. The van der Waals surface area contributed by atoms with E-state index >= 15 is 0 Å². The highest BCUT2D eigenvalue weighted by Crippen LogP contribution is 2.26. The van der Waals surface area contributed by atoms with Crippen LogP contribution in [0.5, 0.6) is 0 Å². The lowest BCUT2D eigenvalue weighted by Gasteiger charge is -2.15. The van der Waals surface area contributed by atoms with Crippen LogP contribution in [0.4, 0.5) is 10.8 Å². The largest absolute Gasteiger partial charge is 0.269 e. The molecule has 2 rings (SSSR count). The second-order valence-corrected chi connectivity index (χ2v) is 6.80. The van der Waals surface area contributed by atoms with Gasteiger partial charge in [0.25, 0.3) is 15.7 Å². The minimum Gasteiger partial charge on any atom is -0.258 e. The fourth-order valence-electron chi connectivity index (χ4n) is 1.49. The second-order valence-electron chi connectivity index (χ2n) is 4.00. The Bertz CT molecular complexity index is 737. The van der Waals surface area contributed by atoms with E-state index in [0.717, 1.165) is 22.1 Å². The molecule has 0 fully saturated rings. The lowest BCUT2D eigenvalue weighted by molar-refractivity contribution is -0.384. The average Bonchev–Trinajstić information content (AvgIpc) is 2.84. The molecule has 9 heteroatoms. The molecule has 0 aliphatic carbocycles. The van der Waals surface area contributed by atoms with E-state index in [1.807, 2.05) is 0 Å². The summed E-state index contributed by atoms with van der Waals surface area (Å²) in [4.78, 5) is 14.1. The minimum atomic E-state index is -3.76. The van der Waals surface area contributed by atoms with Gasteiger partial charge in [-0.05, 0) is 19.1 Å². The molecule has 0 aliphatic heterocycles. The van der Waals surface area contributed by atoms with E-state index in [4.69, 9.17) is 0 Å². The molecule has 1 aromatic heterocycles. The number of aryl methyl sites for hydroxylation is 1. The Morgan fingerprint density at radius 3 is 2.35 bits per heavy atom. The summed E-state index contributed by atoms with van der Waals surface area (Å²) in [6.45, 7) is 1.77. The maximum absolute atomic E-state index is 12.3. The minimum absolute atomic E-state index is 0.0153. The number of rotatable bonds is 4. The summed E-state index contributed by atoms with van der Waals surface area (Å²) in [5.41, 5.74) is 0.576. The molecule has 0 N–H and O–H groups in total. The van der Waals surface area contributed by atoms with Gasteiger partial charge < -0.3 is 0 Å². The third kappa shape index (κ3) is 2.63. The van der Waals surface area contributed by atoms with Gasteiger partial charge in [-0.15, -0.1) is 11.3 Å². The van der Waals surface area contributed by atoms with Crippen LogP contribution in [0, 0.1) is 17.0 Å². The first-order chi connectivity index (χ1) is 9.32. The fourth-order valence-corrected chi connectivity index (χ4v) is 3.63. The third-order valence-electron chi connectivity index (χ3n) is 2.58. The van der Waals surface area contributed by atoms with Crippen molar-refractivity contribution in [2.45, 2.75) is 11.8 Å². The van der Waals surface area contributed by atoms with Crippen molar-refractivity contribution in [3.8, 4) is 0 Å². The average molecular weight is 313 g/mol. The molecular weight excluding hydrogens is 302 g/mol. The Morgan fingerprint density at radius 2 is 1.90 bits per heavy atom. The van der Waals surface area contributed by atoms with E-state index in [2.05, 4.69) is 4.98 Å². The molecule has 0 spiro atoms. The van der Waals surface area contributed by atoms with Crippen molar-refractivity contribution < 1.29 is 13.3 Å². The second kappa shape index (κ2) is 5.17. The van der Waals surface area contributed by atoms with E-state index in [-0.39, 0.29) is 10.6 Å². The van der Waals surface area contributed by atoms with Gasteiger partial charge in [0.2, 0.25) is 0 Å². The molecule has 7 nitrogen and oxygen atoms in total. The van der Waals surface area contributed by atoms with Crippen LogP contribution in [0.3, 0.4) is 0 Å². The van der Waals surface area contributed by atoms with Gasteiger partial charge in [0.15, 0.2) is 5.13 Å². The van der Waals surface area contributed by atoms with Gasteiger partial charge in [0.05, 0.1) is 15.5 Å². The predicted octanol–water partition coefficient (Wildman–Crippen LogP) is 2.18. The van der Waals surface area contributed by atoms with E-state index in [0.29, 0.717) is 5.13 Å². The number of nitrogens with zero attached hydrogens (tertiary/aromatic N) is 3. The van der Waals surface area contributed by atoms with Crippen LogP contribution in [0.2, 0.25) is 0 Å². The molecule has 0 atom stereocenters. The van der Waals surface area contributed by atoms with Crippen LogP contribution < -0.4 is 4.31 Å². The van der Waals surface area contributed by atoms with Gasteiger partial charge in [-0.3, -0.25) is 10.1 Å². The fraction of sp³-hybridized carbons (Fsp3) is 0.182. The zero-order chi connectivity index (χ0) is 14.9. The maximum atomic E-state index is 12.3. The molecule has 1 heterocycles. The standard InChI is InChI=1S/C11H11N3O4S2/c1-8-7-19-11(12-8)13(2)20(17,18)10-5-3-9(4-6-10)14(15)16/h3-7H,1-2H3. The summed E-state index contributed by atoms with van der Waals surface area (Å²) in [7, 11) is -2.36. The highest BCUT2D eigenvalue weighted by Gasteiger charge is 2.24. The molecule has 2 aromatic rings. The number of thiazole rings is 1. The molecule has 0 amide bonds. The number of nitro groups is 1. The third-order valence-corrected chi connectivity index (χ3v) is 5.49. The number of aromatic nitrogens is 1. The highest BCUT2D eigenvalue weighted by atomic mass is 32.2. The summed E-state index contributed by atoms with van der Waals surface area (Å²) < 4.78 is 25.8. The van der Waals surface area contributed by atoms with Crippen molar-refractivity contribution in [3.05, 3.63) is 45.5 Å². The zero-order valence-corrected chi connectivity index (χ0v) is 12.3. The number of non-ortho nitro benzene ring substituents is 1. The molecule has 0 saturated heterocycles. The van der Waals surface area contributed by atoms with Crippen molar-refractivity contribution in [2.75, 3.05) is 11.4 Å². The lowest BCUT2D eigenvalue weighted by atomic mass is 10.3.